The van der Waals surface area contributed by atoms with Crippen molar-refractivity contribution < 1.29 is 24.5 Å². The van der Waals surface area contributed by atoms with E-state index in [-0.39, 0.29) is 16.9 Å². The Morgan fingerprint density at radius 1 is 1.05 bits per heavy atom. The second-order valence-corrected chi connectivity index (χ2v) is 11.6. The number of aliphatic carboxylic acids is 2. The zero-order chi connectivity index (χ0) is 29.3. The molecule has 1 aliphatic heterocycles. The molecule has 0 saturated carbocycles. The van der Waals surface area contributed by atoms with Crippen LogP contribution in [0.5, 0.6) is 0 Å². The largest absolute Gasteiger partial charge is 0.478 e. The fourth-order valence-corrected chi connectivity index (χ4v) is 4.83. The highest BCUT2D eigenvalue weighted by Gasteiger charge is 2.26. The molecule has 0 radical (unpaired) electrons. The molecule has 1 aromatic heterocycles. The van der Waals surface area contributed by atoms with Crippen molar-refractivity contribution in [2.75, 3.05) is 19.7 Å². The fraction of sp³-hybridized carbons (Fsp3) is 0.469. The third-order valence-corrected chi connectivity index (χ3v) is 7.09. The van der Waals surface area contributed by atoms with Crippen LogP contribution in [0.1, 0.15) is 58.6 Å². The number of hydrogen-bond acceptors (Lipinski definition) is 5. The Labute approximate surface area is 237 Å². The van der Waals surface area contributed by atoms with E-state index in [0.717, 1.165) is 44.4 Å². The molecule has 2 aromatic carbocycles. The number of carboxylic acids is 2. The molecule has 0 aliphatic carbocycles. The molecule has 2 heterocycles. The molecule has 0 unspecified atom stereocenters. The number of carboxylic acid groups (broad SMARTS) is 2. The van der Waals surface area contributed by atoms with E-state index in [1.807, 2.05) is 38.4 Å². The normalized spacial score (nSPS) is 15.2. The predicted octanol–water partition coefficient (Wildman–Crippen LogP) is 5.75. The van der Waals surface area contributed by atoms with E-state index in [4.69, 9.17) is 9.84 Å². The standard InChI is InChI=1S/C20H27NO4.C12H16N2O/c1-20(2,3)16-6-4-14(5-7-16)13-21-10-8-15(9-11-21)17(19(24)25)12-18(22)23;1-10(2)15-8-7-14-9-13-11-5-3-4-6-12(11)14/h4-7,12,15H,8-11,13H2,1-3H3,(H,22,23)(H,24,25);3-6,9-10H,7-8H2,1-2H3/b17-12+;. The van der Waals surface area contributed by atoms with Gasteiger partial charge in [-0.05, 0) is 74.4 Å². The second kappa shape index (κ2) is 14.2. The molecule has 1 aliphatic rings. The van der Waals surface area contributed by atoms with E-state index in [0.29, 0.717) is 18.9 Å². The summed E-state index contributed by atoms with van der Waals surface area (Å²) in [6.45, 7) is 14.6. The Morgan fingerprint density at radius 2 is 1.70 bits per heavy atom. The monoisotopic (exact) mass is 549 g/mol. The number of likely N-dealkylation sites (tertiary alicyclic amines) is 1. The van der Waals surface area contributed by atoms with Crippen molar-refractivity contribution in [2.45, 2.75) is 72.1 Å². The maximum Gasteiger partial charge on any atom is 0.332 e. The zero-order valence-electron chi connectivity index (χ0n) is 24.3. The van der Waals surface area contributed by atoms with Crippen LogP contribution < -0.4 is 0 Å². The fourth-order valence-electron chi connectivity index (χ4n) is 4.83. The van der Waals surface area contributed by atoms with Crippen molar-refractivity contribution in [2.24, 2.45) is 5.92 Å². The lowest BCUT2D eigenvalue weighted by atomic mass is 9.86. The minimum absolute atomic E-state index is 0.0154. The molecular formula is C32H43N3O5. The summed E-state index contributed by atoms with van der Waals surface area (Å²) >= 11 is 0. The summed E-state index contributed by atoms with van der Waals surface area (Å²) in [5.74, 6) is -2.51. The van der Waals surface area contributed by atoms with Gasteiger partial charge in [-0.2, -0.15) is 0 Å². The molecule has 40 heavy (non-hydrogen) atoms. The van der Waals surface area contributed by atoms with E-state index in [1.165, 1.54) is 16.6 Å². The maximum atomic E-state index is 11.3. The molecule has 1 saturated heterocycles. The molecule has 1 fully saturated rings. The van der Waals surface area contributed by atoms with Crippen LogP contribution >= 0.6 is 0 Å². The van der Waals surface area contributed by atoms with E-state index in [1.54, 1.807) is 0 Å². The van der Waals surface area contributed by atoms with Crippen molar-refractivity contribution >= 4 is 23.0 Å². The summed E-state index contributed by atoms with van der Waals surface area (Å²) < 4.78 is 7.64. The highest BCUT2D eigenvalue weighted by atomic mass is 16.5. The first-order valence-electron chi connectivity index (χ1n) is 13.9. The topological polar surface area (TPSA) is 105 Å². The number of hydrogen-bond donors (Lipinski definition) is 2. The molecule has 0 amide bonds. The molecule has 216 valence electrons. The lowest BCUT2D eigenvalue weighted by Gasteiger charge is -2.32. The second-order valence-electron chi connectivity index (χ2n) is 11.6. The zero-order valence-corrected chi connectivity index (χ0v) is 24.3. The number of para-hydroxylation sites is 2. The lowest BCUT2D eigenvalue weighted by molar-refractivity contribution is -0.135. The summed E-state index contributed by atoms with van der Waals surface area (Å²) in [5.41, 5.74) is 4.92. The summed E-state index contributed by atoms with van der Waals surface area (Å²) in [5, 5.41) is 18.1. The van der Waals surface area contributed by atoms with Crippen LogP contribution in [0.4, 0.5) is 0 Å². The minimum Gasteiger partial charge on any atom is -0.478 e. The van der Waals surface area contributed by atoms with Crippen LogP contribution in [-0.4, -0.2) is 62.4 Å². The molecule has 8 heteroatoms. The van der Waals surface area contributed by atoms with Crippen LogP contribution in [0.2, 0.25) is 0 Å². The predicted molar refractivity (Wildman–Crippen MR) is 157 cm³/mol. The van der Waals surface area contributed by atoms with Gasteiger partial charge in [0.15, 0.2) is 0 Å². The van der Waals surface area contributed by atoms with Gasteiger partial charge < -0.3 is 19.5 Å². The number of nitrogens with zero attached hydrogens (tertiary/aromatic N) is 3. The van der Waals surface area contributed by atoms with Crippen molar-refractivity contribution in [3.05, 3.63) is 77.6 Å². The summed E-state index contributed by atoms with van der Waals surface area (Å²) in [7, 11) is 0. The van der Waals surface area contributed by atoms with Crippen LogP contribution in [0, 0.1) is 5.92 Å². The van der Waals surface area contributed by atoms with Crippen molar-refractivity contribution in [1.29, 1.82) is 0 Å². The number of carbonyl (C=O) groups is 2. The van der Waals surface area contributed by atoms with Crippen molar-refractivity contribution in [3.63, 3.8) is 0 Å². The number of benzene rings is 2. The van der Waals surface area contributed by atoms with Gasteiger partial charge in [-0.15, -0.1) is 0 Å². The number of imidazole rings is 1. The van der Waals surface area contributed by atoms with Gasteiger partial charge in [0.25, 0.3) is 0 Å². The van der Waals surface area contributed by atoms with Gasteiger partial charge in [-0.3, -0.25) is 4.90 Å². The number of piperidine rings is 1. The highest BCUT2D eigenvalue weighted by molar-refractivity contribution is 5.95. The summed E-state index contributed by atoms with van der Waals surface area (Å²) in [4.78, 5) is 28.7. The van der Waals surface area contributed by atoms with E-state index in [9.17, 15) is 14.7 Å². The maximum absolute atomic E-state index is 11.3. The molecule has 0 atom stereocenters. The van der Waals surface area contributed by atoms with Gasteiger partial charge >= 0.3 is 11.9 Å². The first-order valence-corrected chi connectivity index (χ1v) is 13.9. The van der Waals surface area contributed by atoms with E-state index < -0.39 is 11.9 Å². The third-order valence-electron chi connectivity index (χ3n) is 7.09. The van der Waals surface area contributed by atoms with E-state index in [2.05, 4.69) is 65.6 Å². The Hall–Kier alpha value is -3.49. The average Bonchev–Trinajstić information content (AvgIpc) is 3.31. The molecule has 2 N–H and O–H groups in total. The summed E-state index contributed by atoms with van der Waals surface area (Å²) in [6.07, 6.45) is 4.35. The Kier molecular flexibility index (Phi) is 11.0. The smallest absolute Gasteiger partial charge is 0.332 e. The molecule has 0 bridgehead atoms. The van der Waals surface area contributed by atoms with Gasteiger partial charge in [-0.1, -0.05) is 57.2 Å². The van der Waals surface area contributed by atoms with Gasteiger partial charge in [0.1, 0.15) is 0 Å². The number of rotatable bonds is 9. The average molecular weight is 550 g/mol. The Balaban J connectivity index is 0.000000249. The first kappa shape index (κ1) is 31.0. The number of fused-ring (bicyclic) bond motifs is 1. The third kappa shape index (κ3) is 9.31. The molecule has 3 aromatic rings. The minimum atomic E-state index is -1.20. The van der Waals surface area contributed by atoms with Gasteiger partial charge in [0.05, 0.1) is 30.1 Å². The molecule has 0 spiro atoms. The molecule has 8 nitrogen and oxygen atoms in total. The molecular weight excluding hydrogens is 506 g/mol. The van der Waals surface area contributed by atoms with E-state index >= 15 is 0 Å². The van der Waals surface area contributed by atoms with Crippen molar-refractivity contribution in [1.82, 2.24) is 14.5 Å². The first-order chi connectivity index (χ1) is 18.9. The number of aromatic nitrogens is 2. The van der Waals surface area contributed by atoms with Crippen molar-refractivity contribution in [3.8, 4) is 0 Å². The Bertz CT molecular complexity index is 1280. The highest BCUT2D eigenvalue weighted by Crippen LogP contribution is 2.27. The van der Waals surface area contributed by atoms with Crippen LogP contribution in [0.3, 0.4) is 0 Å². The quantitative estimate of drug-likeness (QED) is 0.327. The van der Waals surface area contributed by atoms with Gasteiger partial charge in [0.2, 0.25) is 0 Å². The summed E-state index contributed by atoms with van der Waals surface area (Å²) in [6, 6.07) is 16.8. The molecule has 4 rings (SSSR count). The van der Waals surface area contributed by atoms with Crippen LogP contribution in [0.15, 0.2) is 66.5 Å². The van der Waals surface area contributed by atoms with Crippen LogP contribution in [-0.2, 0) is 32.8 Å². The Morgan fingerprint density at radius 3 is 2.27 bits per heavy atom. The lowest BCUT2D eigenvalue weighted by Crippen LogP contribution is -2.35. The van der Waals surface area contributed by atoms with Crippen LogP contribution in [0.25, 0.3) is 11.0 Å². The SMILES string of the molecule is CC(C)(C)c1ccc(CN2CCC(/C(=C\C(=O)O)C(=O)O)CC2)cc1.CC(C)OCCn1cnc2ccccc21. The van der Waals surface area contributed by atoms with Gasteiger partial charge in [0, 0.05) is 24.7 Å². The number of ether oxygens (including phenoxy) is 1. The van der Waals surface area contributed by atoms with Gasteiger partial charge in [-0.25, -0.2) is 14.6 Å².